The van der Waals surface area contributed by atoms with Crippen LogP contribution >= 0.6 is 0 Å². The summed E-state index contributed by atoms with van der Waals surface area (Å²) in [5.41, 5.74) is 5.34. The van der Waals surface area contributed by atoms with Gasteiger partial charge in [0.15, 0.2) is 17.4 Å². The monoisotopic (exact) mass is 501 g/mol. The molecule has 2 heterocycles. The zero-order chi connectivity index (χ0) is 25.2. The molecule has 8 nitrogen and oxygen atoms in total. The Hall–Kier alpha value is -4.19. The van der Waals surface area contributed by atoms with Crippen LogP contribution < -0.4 is 15.2 Å². The molecule has 4 aromatic rings. The maximum atomic E-state index is 14.9. The van der Waals surface area contributed by atoms with E-state index in [0.717, 1.165) is 0 Å². The van der Waals surface area contributed by atoms with Gasteiger partial charge in [-0.25, -0.2) is 32.2 Å². The fourth-order valence-electron chi connectivity index (χ4n) is 3.17. The molecule has 0 amide bonds. The van der Waals surface area contributed by atoms with Crippen LogP contribution in [0, 0.1) is 17.5 Å². The SMILES string of the molecule is C[C@H](c1ccccc1)S(=O)(=O)Nc1c(F)cc(Oc2ncccc2-c2ccnc(N)n2)c(F)c1F. The summed E-state index contributed by atoms with van der Waals surface area (Å²) < 4.78 is 77.0. The van der Waals surface area contributed by atoms with Crippen molar-refractivity contribution in [2.24, 2.45) is 0 Å². The van der Waals surface area contributed by atoms with Crippen LogP contribution in [0.3, 0.4) is 0 Å². The van der Waals surface area contributed by atoms with Gasteiger partial charge in [0.25, 0.3) is 0 Å². The molecule has 0 spiro atoms. The Morgan fingerprint density at radius 3 is 2.43 bits per heavy atom. The Labute approximate surface area is 198 Å². The van der Waals surface area contributed by atoms with Gasteiger partial charge in [0.05, 0.1) is 11.3 Å². The maximum Gasteiger partial charge on any atom is 0.239 e. The highest BCUT2D eigenvalue weighted by Gasteiger charge is 2.28. The summed E-state index contributed by atoms with van der Waals surface area (Å²) in [5.74, 6) is -5.87. The molecular formula is C23H18F3N5O3S. The highest BCUT2D eigenvalue weighted by Crippen LogP contribution is 2.36. The van der Waals surface area contributed by atoms with Crippen molar-refractivity contribution in [3.05, 3.63) is 90.0 Å². The number of halogens is 3. The van der Waals surface area contributed by atoms with E-state index < -0.39 is 44.2 Å². The van der Waals surface area contributed by atoms with Gasteiger partial charge in [0.2, 0.25) is 27.7 Å². The summed E-state index contributed by atoms with van der Waals surface area (Å²) >= 11 is 0. The van der Waals surface area contributed by atoms with E-state index in [1.165, 1.54) is 31.5 Å². The van der Waals surface area contributed by atoms with Gasteiger partial charge < -0.3 is 10.5 Å². The molecule has 0 saturated carbocycles. The normalized spacial score (nSPS) is 12.2. The van der Waals surface area contributed by atoms with Crippen molar-refractivity contribution in [2.75, 3.05) is 10.5 Å². The summed E-state index contributed by atoms with van der Waals surface area (Å²) in [6, 6.07) is 13.1. The molecule has 2 aromatic carbocycles. The minimum atomic E-state index is -4.32. The fourth-order valence-corrected chi connectivity index (χ4v) is 4.33. The zero-order valence-electron chi connectivity index (χ0n) is 18.1. The third-order valence-electron chi connectivity index (χ3n) is 5.03. The Balaban J connectivity index is 1.66. The first-order valence-electron chi connectivity index (χ1n) is 10.1. The van der Waals surface area contributed by atoms with Crippen molar-refractivity contribution >= 4 is 21.7 Å². The average molecular weight is 501 g/mol. The van der Waals surface area contributed by atoms with Crippen molar-refractivity contribution in [2.45, 2.75) is 12.2 Å². The van der Waals surface area contributed by atoms with E-state index >= 15 is 0 Å². The summed E-state index contributed by atoms with van der Waals surface area (Å²) in [4.78, 5) is 11.8. The number of ether oxygens (including phenoxy) is 1. The first-order chi connectivity index (χ1) is 16.7. The molecule has 35 heavy (non-hydrogen) atoms. The van der Waals surface area contributed by atoms with Crippen molar-refractivity contribution in [3.8, 4) is 22.9 Å². The van der Waals surface area contributed by atoms with Crippen LogP contribution in [0.15, 0.2) is 67.0 Å². The summed E-state index contributed by atoms with van der Waals surface area (Å²) in [5, 5.41) is -1.17. The lowest BCUT2D eigenvalue weighted by molar-refractivity contribution is 0.401. The number of hydrogen-bond donors (Lipinski definition) is 2. The van der Waals surface area contributed by atoms with E-state index in [-0.39, 0.29) is 23.1 Å². The molecule has 0 radical (unpaired) electrons. The Morgan fingerprint density at radius 1 is 0.971 bits per heavy atom. The third-order valence-corrected chi connectivity index (χ3v) is 6.72. The molecule has 3 N–H and O–H groups in total. The number of nitrogens with one attached hydrogen (secondary N) is 1. The van der Waals surface area contributed by atoms with Crippen LogP contribution in [0.25, 0.3) is 11.3 Å². The second kappa shape index (κ2) is 9.58. The van der Waals surface area contributed by atoms with Gasteiger partial charge in [0, 0.05) is 18.5 Å². The van der Waals surface area contributed by atoms with Gasteiger partial charge in [0.1, 0.15) is 10.9 Å². The predicted octanol–water partition coefficient (Wildman–Crippen LogP) is 4.83. The van der Waals surface area contributed by atoms with E-state index in [9.17, 15) is 21.6 Å². The molecule has 4 rings (SSSR count). The van der Waals surface area contributed by atoms with Crippen LogP contribution in [0.2, 0.25) is 0 Å². The van der Waals surface area contributed by atoms with Crippen LogP contribution in [0.4, 0.5) is 24.8 Å². The molecule has 180 valence electrons. The molecule has 0 saturated heterocycles. The molecule has 12 heteroatoms. The summed E-state index contributed by atoms with van der Waals surface area (Å²) in [6.07, 6.45) is 2.70. The second-order valence-electron chi connectivity index (χ2n) is 7.32. The first-order valence-corrected chi connectivity index (χ1v) is 11.7. The Morgan fingerprint density at radius 2 is 1.71 bits per heavy atom. The lowest BCUT2D eigenvalue weighted by Crippen LogP contribution is -2.21. The standard InChI is InChI=1S/C23H18F3N5O3S/c1-13(14-6-3-2-4-7-14)35(32,33)31-21-16(24)12-18(19(25)20(21)26)34-22-15(8-5-10-28-22)17-9-11-29-23(27)30-17/h2-13,31H,1H3,(H2,27,29,30)/t13-/m1/s1. The number of hydrogen-bond acceptors (Lipinski definition) is 7. The number of rotatable bonds is 7. The van der Waals surface area contributed by atoms with Crippen LogP contribution in [0.1, 0.15) is 17.7 Å². The van der Waals surface area contributed by atoms with Crippen LogP contribution in [-0.2, 0) is 10.0 Å². The van der Waals surface area contributed by atoms with Crippen molar-refractivity contribution in [1.82, 2.24) is 15.0 Å². The fraction of sp³-hybridized carbons (Fsp3) is 0.0870. The number of nitrogens with two attached hydrogens (primary N) is 1. The quantitative estimate of drug-likeness (QED) is 0.348. The lowest BCUT2D eigenvalue weighted by Gasteiger charge is -2.17. The minimum Gasteiger partial charge on any atom is -0.435 e. The molecule has 0 aliphatic rings. The molecule has 0 unspecified atom stereocenters. The highest BCUT2D eigenvalue weighted by atomic mass is 32.2. The number of sulfonamides is 1. The number of anilines is 2. The molecule has 1 atom stereocenters. The summed E-state index contributed by atoms with van der Waals surface area (Å²) in [6.45, 7) is 1.34. The number of pyridine rings is 1. The van der Waals surface area contributed by atoms with Crippen molar-refractivity contribution < 1.29 is 26.3 Å². The number of aromatic nitrogens is 3. The molecule has 0 bridgehead atoms. The molecule has 0 aliphatic heterocycles. The summed E-state index contributed by atoms with van der Waals surface area (Å²) in [7, 11) is -4.32. The highest BCUT2D eigenvalue weighted by molar-refractivity contribution is 7.92. The van der Waals surface area contributed by atoms with Crippen molar-refractivity contribution in [1.29, 1.82) is 0 Å². The predicted molar refractivity (Wildman–Crippen MR) is 123 cm³/mol. The van der Waals surface area contributed by atoms with Gasteiger partial charge in [-0.3, -0.25) is 4.72 Å². The molecule has 2 aromatic heterocycles. The second-order valence-corrected chi connectivity index (χ2v) is 9.32. The Bertz CT molecular complexity index is 1490. The zero-order valence-corrected chi connectivity index (χ0v) is 18.9. The van der Waals surface area contributed by atoms with Gasteiger partial charge in [-0.1, -0.05) is 30.3 Å². The van der Waals surface area contributed by atoms with Gasteiger partial charge in [-0.05, 0) is 30.7 Å². The van der Waals surface area contributed by atoms with E-state index in [1.807, 2.05) is 4.72 Å². The van der Waals surface area contributed by atoms with E-state index in [2.05, 4.69) is 15.0 Å². The molecular weight excluding hydrogens is 483 g/mol. The third kappa shape index (κ3) is 5.01. The van der Waals surface area contributed by atoms with Gasteiger partial charge >= 0.3 is 0 Å². The van der Waals surface area contributed by atoms with E-state index in [1.54, 1.807) is 36.4 Å². The molecule has 0 fully saturated rings. The van der Waals surface area contributed by atoms with E-state index in [4.69, 9.17) is 10.5 Å². The smallest absolute Gasteiger partial charge is 0.239 e. The van der Waals surface area contributed by atoms with Gasteiger partial charge in [-0.15, -0.1) is 0 Å². The molecule has 0 aliphatic carbocycles. The van der Waals surface area contributed by atoms with Crippen molar-refractivity contribution in [3.63, 3.8) is 0 Å². The van der Waals surface area contributed by atoms with E-state index in [0.29, 0.717) is 11.6 Å². The average Bonchev–Trinajstić information content (AvgIpc) is 2.85. The minimum absolute atomic E-state index is 0.0399. The first kappa shape index (κ1) is 24.0. The number of nitrogens with zero attached hydrogens (tertiary/aromatic N) is 3. The largest absolute Gasteiger partial charge is 0.435 e. The lowest BCUT2D eigenvalue weighted by atomic mass is 10.2. The van der Waals surface area contributed by atoms with Crippen LogP contribution in [0.5, 0.6) is 11.6 Å². The number of nitrogen functional groups attached to an aromatic ring is 1. The van der Waals surface area contributed by atoms with Crippen LogP contribution in [-0.4, -0.2) is 23.4 Å². The van der Waals surface area contributed by atoms with Gasteiger partial charge in [-0.2, -0.15) is 4.39 Å². The number of benzene rings is 2. The maximum absolute atomic E-state index is 14.9. The topological polar surface area (TPSA) is 120 Å². The Kier molecular flexibility index (Phi) is 6.56.